The molecule has 0 unspecified atom stereocenters. The van der Waals surface area contributed by atoms with Gasteiger partial charge in [-0.15, -0.1) is 11.3 Å². The average molecular weight is 288 g/mol. The van der Waals surface area contributed by atoms with Crippen molar-refractivity contribution in [1.82, 2.24) is 19.9 Å². The lowest BCUT2D eigenvalue weighted by molar-refractivity contribution is 0.300. The van der Waals surface area contributed by atoms with Gasteiger partial charge >= 0.3 is 0 Å². The molecular weight excluding hydrogens is 276 g/mol. The summed E-state index contributed by atoms with van der Waals surface area (Å²) in [5.74, 6) is 0.450. The van der Waals surface area contributed by atoms with Gasteiger partial charge in [0.05, 0.1) is 6.54 Å². The quantitative estimate of drug-likeness (QED) is 0.687. The molecule has 0 atom stereocenters. The zero-order valence-corrected chi connectivity index (χ0v) is 11.0. The molecule has 0 saturated heterocycles. The summed E-state index contributed by atoms with van der Waals surface area (Å²) in [6, 6.07) is 3.22. The van der Waals surface area contributed by atoms with Crippen molar-refractivity contribution in [1.29, 1.82) is 0 Å². The van der Waals surface area contributed by atoms with Crippen molar-refractivity contribution in [3.8, 4) is 0 Å². The minimum absolute atomic E-state index is 0.00545. The van der Waals surface area contributed by atoms with Crippen LogP contribution in [0.1, 0.15) is 10.7 Å². The Hall–Kier alpha value is -1.29. The molecule has 0 saturated carbocycles. The number of hydrogen-bond acceptors (Lipinski definition) is 6. The lowest BCUT2D eigenvalue weighted by Crippen LogP contribution is -2.23. The van der Waals surface area contributed by atoms with Gasteiger partial charge in [-0.25, -0.2) is 18.1 Å². The van der Waals surface area contributed by atoms with Gasteiger partial charge in [0.25, 0.3) is 0 Å². The highest BCUT2D eigenvalue weighted by atomic mass is 32.2. The third-order valence-corrected chi connectivity index (χ3v) is 5.19. The van der Waals surface area contributed by atoms with Crippen LogP contribution >= 0.6 is 11.3 Å². The van der Waals surface area contributed by atoms with E-state index >= 15 is 0 Å². The van der Waals surface area contributed by atoms with E-state index < -0.39 is 10.0 Å². The van der Waals surface area contributed by atoms with Crippen molar-refractivity contribution < 1.29 is 13.5 Å². The second-order valence-electron chi connectivity index (χ2n) is 3.45. The lowest BCUT2D eigenvalue weighted by atomic mass is 10.4. The number of hydrogen-bond donors (Lipinski definition) is 3. The van der Waals surface area contributed by atoms with Crippen LogP contribution in [0.3, 0.4) is 0 Å². The Morgan fingerprint density at radius 1 is 1.44 bits per heavy atom. The topological polar surface area (TPSA) is 108 Å². The van der Waals surface area contributed by atoms with E-state index in [1.54, 1.807) is 6.07 Å². The van der Waals surface area contributed by atoms with Gasteiger partial charge in [-0.3, -0.25) is 5.10 Å². The number of aromatic amines is 1. The van der Waals surface area contributed by atoms with E-state index in [4.69, 9.17) is 5.11 Å². The van der Waals surface area contributed by atoms with E-state index in [0.717, 1.165) is 16.2 Å². The van der Waals surface area contributed by atoms with Crippen molar-refractivity contribution in [2.75, 3.05) is 6.61 Å². The van der Waals surface area contributed by atoms with Crippen LogP contribution < -0.4 is 4.72 Å². The van der Waals surface area contributed by atoms with Gasteiger partial charge in [-0.05, 0) is 12.1 Å². The molecule has 18 heavy (non-hydrogen) atoms. The highest BCUT2D eigenvalue weighted by Crippen LogP contribution is 2.21. The summed E-state index contributed by atoms with van der Waals surface area (Å²) >= 11 is 1.14. The van der Waals surface area contributed by atoms with E-state index in [-0.39, 0.29) is 17.4 Å². The molecule has 0 spiro atoms. The van der Waals surface area contributed by atoms with Crippen LogP contribution in [-0.2, 0) is 23.0 Å². The summed E-state index contributed by atoms with van der Waals surface area (Å²) in [6.07, 6.45) is 1.77. The number of thiophene rings is 1. The minimum atomic E-state index is -3.53. The Morgan fingerprint density at radius 2 is 2.28 bits per heavy atom. The van der Waals surface area contributed by atoms with E-state index in [2.05, 4.69) is 19.9 Å². The molecule has 0 radical (unpaired) electrons. The smallest absolute Gasteiger partial charge is 0.250 e. The molecule has 0 aliphatic heterocycles. The van der Waals surface area contributed by atoms with E-state index in [1.165, 1.54) is 12.4 Å². The molecule has 2 aromatic heterocycles. The average Bonchev–Trinajstić information content (AvgIpc) is 2.98. The van der Waals surface area contributed by atoms with Crippen LogP contribution in [-0.4, -0.2) is 35.3 Å². The second kappa shape index (κ2) is 5.57. The summed E-state index contributed by atoms with van der Waals surface area (Å²) in [6.45, 7) is 0.0705. The number of aliphatic hydroxyl groups is 1. The third-order valence-electron chi connectivity index (χ3n) is 2.15. The summed E-state index contributed by atoms with van der Waals surface area (Å²) in [4.78, 5) is 4.66. The number of H-pyrrole nitrogens is 1. The Morgan fingerprint density at radius 3 is 2.94 bits per heavy atom. The van der Waals surface area contributed by atoms with Gasteiger partial charge in [-0.1, -0.05) is 0 Å². The van der Waals surface area contributed by atoms with Crippen LogP contribution in [0.2, 0.25) is 0 Å². The zero-order valence-electron chi connectivity index (χ0n) is 9.33. The number of aliphatic hydroxyl groups excluding tert-OH is 1. The van der Waals surface area contributed by atoms with E-state index in [1.807, 2.05) is 0 Å². The predicted molar refractivity (Wildman–Crippen MR) is 65.5 cm³/mol. The second-order valence-corrected chi connectivity index (χ2v) is 6.61. The number of nitrogens with zero attached hydrogens (tertiary/aromatic N) is 2. The van der Waals surface area contributed by atoms with Gasteiger partial charge in [0.15, 0.2) is 0 Å². The SMILES string of the molecule is O=S(=O)(NCc1ncn[nH]1)c1ccc(CCO)s1. The van der Waals surface area contributed by atoms with Crippen LogP contribution in [0.5, 0.6) is 0 Å². The molecule has 9 heteroatoms. The maximum absolute atomic E-state index is 11.9. The largest absolute Gasteiger partial charge is 0.396 e. The monoisotopic (exact) mass is 288 g/mol. The van der Waals surface area contributed by atoms with Crippen molar-refractivity contribution in [2.24, 2.45) is 0 Å². The third kappa shape index (κ3) is 3.13. The van der Waals surface area contributed by atoms with Crippen LogP contribution in [0, 0.1) is 0 Å². The maximum Gasteiger partial charge on any atom is 0.250 e. The molecule has 0 aromatic carbocycles. The molecule has 2 aromatic rings. The van der Waals surface area contributed by atoms with Crippen molar-refractivity contribution in [2.45, 2.75) is 17.2 Å². The summed E-state index contributed by atoms with van der Waals surface area (Å²) in [5, 5.41) is 15.0. The molecule has 98 valence electrons. The normalized spacial score (nSPS) is 11.8. The standard InChI is InChI=1S/C9H12N4O3S2/c14-4-3-7-1-2-9(17-7)18(15,16)12-5-8-10-6-11-13-8/h1-2,6,12,14H,3-5H2,(H,10,11,13). The minimum Gasteiger partial charge on any atom is -0.396 e. The van der Waals surface area contributed by atoms with Gasteiger partial charge < -0.3 is 5.11 Å². The van der Waals surface area contributed by atoms with Gasteiger partial charge in [-0.2, -0.15) is 5.10 Å². The number of rotatable bonds is 6. The predicted octanol–water partition coefficient (Wildman–Crippen LogP) is -0.121. The Kier molecular flexibility index (Phi) is 4.07. The van der Waals surface area contributed by atoms with Gasteiger partial charge in [0.1, 0.15) is 16.4 Å². The van der Waals surface area contributed by atoms with Gasteiger partial charge in [0.2, 0.25) is 10.0 Å². The molecular formula is C9H12N4O3S2. The Bertz CT molecular complexity index is 591. The molecule has 0 bridgehead atoms. The number of sulfonamides is 1. The number of nitrogens with one attached hydrogen (secondary N) is 2. The summed E-state index contributed by atoms with van der Waals surface area (Å²) in [7, 11) is -3.53. The fraction of sp³-hybridized carbons (Fsp3) is 0.333. The first kappa shape index (κ1) is 13.1. The van der Waals surface area contributed by atoms with Gasteiger partial charge in [0, 0.05) is 17.9 Å². The molecule has 3 N–H and O–H groups in total. The first-order chi connectivity index (χ1) is 8.62. The zero-order chi connectivity index (χ0) is 13.0. The van der Waals surface area contributed by atoms with E-state index in [0.29, 0.717) is 12.2 Å². The number of aromatic nitrogens is 3. The molecule has 0 aliphatic rings. The van der Waals surface area contributed by atoms with Crippen LogP contribution in [0.4, 0.5) is 0 Å². The molecule has 0 aliphatic carbocycles. The molecule has 2 rings (SSSR count). The van der Waals surface area contributed by atoms with E-state index in [9.17, 15) is 8.42 Å². The molecule has 2 heterocycles. The molecule has 0 amide bonds. The highest BCUT2D eigenvalue weighted by molar-refractivity contribution is 7.91. The first-order valence-electron chi connectivity index (χ1n) is 5.15. The van der Waals surface area contributed by atoms with Crippen LogP contribution in [0.15, 0.2) is 22.7 Å². The highest BCUT2D eigenvalue weighted by Gasteiger charge is 2.16. The summed E-state index contributed by atoms with van der Waals surface area (Å²) < 4.78 is 26.5. The molecule has 7 nitrogen and oxygen atoms in total. The van der Waals surface area contributed by atoms with Crippen LogP contribution in [0.25, 0.3) is 0 Å². The molecule has 0 fully saturated rings. The first-order valence-corrected chi connectivity index (χ1v) is 7.45. The van der Waals surface area contributed by atoms with Crippen molar-refractivity contribution >= 4 is 21.4 Å². The fourth-order valence-electron chi connectivity index (χ4n) is 1.30. The van der Waals surface area contributed by atoms with Crippen molar-refractivity contribution in [3.05, 3.63) is 29.2 Å². The lowest BCUT2D eigenvalue weighted by Gasteiger charge is -2.01. The summed E-state index contributed by atoms with van der Waals surface area (Å²) in [5.41, 5.74) is 0. The Labute approximate surface area is 108 Å². The fourth-order valence-corrected chi connectivity index (χ4v) is 3.67. The van der Waals surface area contributed by atoms with Crippen molar-refractivity contribution in [3.63, 3.8) is 0 Å². The Balaban J connectivity index is 2.05. The maximum atomic E-state index is 11.9.